The number of carboxylic acids is 1. The number of carbonyl (C=O) groups is 3. The van der Waals surface area contributed by atoms with Gasteiger partial charge in [0.1, 0.15) is 11.5 Å². The topological polar surface area (TPSA) is 89.9 Å². The first-order chi connectivity index (χ1) is 22.4. The van der Waals surface area contributed by atoms with E-state index in [1.54, 1.807) is 24.3 Å². The molecular formula is C40H40O6. The second-order valence-corrected chi connectivity index (χ2v) is 12.6. The number of rotatable bonds is 9. The molecule has 0 saturated heterocycles. The lowest BCUT2D eigenvalue weighted by Gasteiger charge is -2.22. The van der Waals surface area contributed by atoms with Crippen molar-refractivity contribution in [2.45, 2.75) is 82.5 Å². The van der Waals surface area contributed by atoms with Gasteiger partial charge >= 0.3 is 17.9 Å². The van der Waals surface area contributed by atoms with Gasteiger partial charge in [0.15, 0.2) is 0 Å². The maximum absolute atomic E-state index is 13.4. The molecule has 0 amide bonds. The first kappa shape index (κ1) is 31.3. The monoisotopic (exact) mass is 616 g/mol. The molecular weight excluding hydrogens is 576 g/mol. The fraction of sp³-hybridized carbons (Fsp3) is 0.325. The molecule has 6 heteroatoms. The fourth-order valence-electron chi connectivity index (χ4n) is 6.92. The first-order valence-electron chi connectivity index (χ1n) is 16.5. The maximum Gasteiger partial charge on any atom is 0.343 e. The number of carbonyl (C=O) groups excluding carboxylic acids is 2. The average molecular weight is 617 g/mol. The lowest BCUT2D eigenvalue weighted by molar-refractivity contribution is 0.0678. The molecule has 0 spiro atoms. The summed E-state index contributed by atoms with van der Waals surface area (Å²) in [4.78, 5) is 39.1. The van der Waals surface area contributed by atoms with Crippen LogP contribution in [-0.2, 0) is 6.42 Å². The molecule has 0 aliphatic heterocycles. The van der Waals surface area contributed by atoms with Crippen molar-refractivity contribution >= 4 is 17.9 Å². The molecule has 0 unspecified atom stereocenters. The molecule has 4 aromatic carbocycles. The summed E-state index contributed by atoms with van der Waals surface area (Å²) in [6, 6.07) is 27.1. The van der Waals surface area contributed by atoms with Crippen LogP contribution in [0.4, 0.5) is 0 Å². The summed E-state index contributed by atoms with van der Waals surface area (Å²) in [6.45, 7) is 0. The Bertz CT molecular complexity index is 1660. The van der Waals surface area contributed by atoms with Crippen molar-refractivity contribution < 1.29 is 29.0 Å². The van der Waals surface area contributed by atoms with Gasteiger partial charge in [0.05, 0.1) is 16.7 Å². The molecule has 0 bridgehead atoms. The van der Waals surface area contributed by atoms with Gasteiger partial charge in [0.25, 0.3) is 0 Å². The van der Waals surface area contributed by atoms with Gasteiger partial charge in [-0.3, -0.25) is 0 Å². The van der Waals surface area contributed by atoms with Crippen LogP contribution in [0.3, 0.4) is 0 Å². The second-order valence-electron chi connectivity index (χ2n) is 12.6. The van der Waals surface area contributed by atoms with Crippen molar-refractivity contribution in [3.63, 3.8) is 0 Å². The summed E-state index contributed by atoms with van der Waals surface area (Å²) in [6.07, 6.45) is 12.3. The highest BCUT2D eigenvalue weighted by Gasteiger charge is 2.24. The highest BCUT2D eigenvalue weighted by molar-refractivity contribution is 5.95. The Labute approximate surface area is 270 Å². The molecule has 6 nitrogen and oxygen atoms in total. The summed E-state index contributed by atoms with van der Waals surface area (Å²) in [5.41, 5.74) is 4.23. The molecule has 0 atom stereocenters. The first-order valence-corrected chi connectivity index (χ1v) is 16.5. The molecule has 1 N–H and O–H groups in total. The largest absolute Gasteiger partial charge is 0.478 e. The van der Waals surface area contributed by atoms with Crippen molar-refractivity contribution in [3.05, 3.63) is 130 Å². The Kier molecular flexibility index (Phi) is 9.92. The Morgan fingerprint density at radius 3 is 1.61 bits per heavy atom. The Morgan fingerprint density at radius 2 is 1.11 bits per heavy atom. The van der Waals surface area contributed by atoms with E-state index in [0.29, 0.717) is 28.5 Å². The summed E-state index contributed by atoms with van der Waals surface area (Å²) in [7, 11) is 0. The van der Waals surface area contributed by atoms with E-state index in [9.17, 15) is 19.5 Å². The van der Waals surface area contributed by atoms with Gasteiger partial charge in [-0.1, -0.05) is 93.1 Å². The van der Waals surface area contributed by atoms with E-state index >= 15 is 0 Å². The standard InChI is InChI=1S/C40H40O6/c41-38(42)36-25-34(45-39(43)32-20-16-30(17-21-32)28-12-6-2-7-13-28)26-37(35(36)24-27-10-4-1-5-11-27)46-40(44)33-22-18-31(19-23-33)29-14-8-3-9-15-29/h1,4-5,10-11,16-23,25-26,28-29H,2-3,6-9,12-15,24H2,(H,41,42). The highest BCUT2D eigenvalue weighted by Crippen LogP contribution is 2.35. The average Bonchev–Trinajstić information content (AvgIpc) is 3.10. The van der Waals surface area contributed by atoms with E-state index < -0.39 is 17.9 Å². The molecule has 0 radical (unpaired) electrons. The smallest absolute Gasteiger partial charge is 0.343 e. The zero-order chi connectivity index (χ0) is 31.9. The maximum atomic E-state index is 13.4. The van der Waals surface area contributed by atoms with E-state index in [0.717, 1.165) is 31.2 Å². The number of carboxylic acid groups (broad SMARTS) is 1. The summed E-state index contributed by atoms with van der Waals surface area (Å²) in [5.74, 6) is -1.39. The Balaban J connectivity index is 1.27. The third-order valence-corrected chi connectivity index (χ3v) is 9.50. The van der Waals surface area contributed by atoms with Gasteiger partial charge in [0.2, 0.25) is 0 Å². The summed E-state index contributed by atoms with van der Waals surface area (Å²) < 4.78 is 11.6. The Morgan fingerprint density at radius 1 is 0.609 bits per heavy atom. The highest BCUT2D eigenvalue weighted by atomic mass is 16.5. The molecule has 6 rings (SSSR count). The van der Waals surface area contributed by atoms with Gasteiger partial charge in [-0.05, 0) is 84.5 Å². The molecule has 236 valence electrons. The lowest BCUT2D eigenvalue weighted by Crippen LogP contribution is -2.15. The van der Waals surface area contributed by atoms with Crippen molar-refractivity contribution in [1.82, 2.24) is 0 Å². The molecule has 2 fully saturated rings. The minimum absolute atomic E-state index is 0.00832. The minimum atomic E-state index is -1.21. The molecule has 2 aliphatic rings. The summed E-state index contributed by atoms with van der Waals surface area (Å²) >= 11 is 0. The summed E-state index contributed by atoms with van der Waals surface area (Å²) in [5, 5.41) is 10.2. The predicted molar refractivity (Wildman–Crippen MR) is 177 cm³/mol. The van der Waals surface area contributed by atoms with Crippen LogP contribution in [0.5, 0.6) is 11.5 Å². The molecule has 0 aromatic heterocycles. The zero-order valence-electron chi connectivity index (χ0n) is 26.1. The van der Waals surface area contributed by atoms with Crippen LogP contribution in [-0.4, -0.2) is 23.0 Å². The van der Waals surface area contributed by atoms with Crippen LogP contribution in [0, 0.1) is 0 Å². The third-order valence-electron chi connectivity index (χ3n) is 9.50. The van der Waals surface area contributed by atoms with Gasteiger partial charge in [-0.2, -0.15) is 0 Å². The molecule has 2 saturated carbocycles. The van der Waals surface area contributed by atoms with Crippen LogP contribution >= 0.6 is 0 Å². The van der Waals surface area contributed by atoms with Gasteiger partial charge in [-0.15, -0.1) is 0 Å². The van der Waals surface area contributed by atoms with E-state index in [-0.39, 0.29) is 23.5 Å². The predicted octanol–water partition coefficient (Wildman–Crippen LogP) is 9.51. The number of hydrogen-bond acceptors (Lipinski definition) is 5. The number of benzene rings is 4. The van der Waals surface area contributed by atoms with E-state index in [2.05, 4.69) is 0 Å². The number of esters is 2. The SMILES string of the molecule is O=C(Oc1cc(OC(=O)c2ccc(C3CCCCC3)cc2)c(Cc2ccccc2)c(C(=O)O)c1)c1ccc(C2CCCCC2)cc1. The van der Waals surface area contributed by atoms with E-state index in [1.807, 2.05) is 54.6 Å². The van der Waals surface area contributed by atoms with Crippen LogP contribution in [0.25, 0.3) is 0 Å². The molecule has 46 heavy (non-hydrogen) atoms. The minimum Gasteiger partial charge on any atom is -0.478 e. The molecule has 4 aromatic rings. The van der Waals surface area contributed by atoms with Crippen LogP contribution in [0.2, 0.25) is 0 Å². The third kappa shape index (κ3) is 7.56. The lowest BCUT2D eigenvalue weighted by atomic mass is 9.84. The van der Waals surface area contributed by atoms with E-state index in [4.69, 9.17) is 9.47 Å². The van der Waals surface area contributed by atoms with Gasteiger partial charge in [-0.25, -0.2) is 14.4 Å². The van der Waals surface area contributed by atoms with Crippen LogP contribution in [0.15, 0.2) is 91.0 Å². The number of ether oxygens (including phenoxy) is 2. The van der Waals surface area contributed by atoms with Crippen molar-refractivity contribution in [2.75, 3.05) is 0 Å². The number of hydrogen-bond donors (Lipinski definition) is 1. The van der Waals surface area contributed by atoms with Gasteiger partial charge in [0, 0.05) is 18.1 Å². The van der Waals surface area contributed by atoms with Crippen molar-refractivity contribution in [1.29, 1.82) is 0 Å². The quantitative estimate of drug-likeness (QED) is 0.149. The van der Waals surface area contributed by atoms with Crippen LogP contribution < -0.4 is 9.47 Å². The van der Waals surface area contributed by atoms with Crippen molar-refractivity contribution in [2.24, 2.45) is 0 Å². The Hall–Kier alpha value is -4.71. The second kappa shape index (κ2) is 14.6. The molecule has 0 heterocycles. The van der Waals surface area contributed by atoms with Crippen LogP contribution in [0.1, 0.15) is 129 Å². The van der Waals surface area contributed by atoms with Gasteiger partial charge < -0.3 is 14.6 Å². The van der Waals surface area contributed by atoms with E-state index in [1.165, 1.54) is 61.8 Å². The normalized spacial score (nSPS) is 15.7. The fourth-order valence-corrected chi connectivity index (χ4v) is 6.92. The molecule has 2 aliphatic carbocycles. The van der Waals surface area contributed by atoms with Crippen molar-refractivity contribution in [3.8, 4) is 11.5 Å². The number of aromatic carboxylic acids is 1. The zero-order valence-corrected chi connectivity index (χ0v) is 26.1.